The fourth-order valence-corrected chi connectivity index (χ4v) is 4.14. The van der Waals surface area contributed by atoms with E-state index in [-0.39, 0.29) is 5.91 Å². The lowest BCUT2D eigenvalue weighted by Crippen LogP contribution is -2.42. The van der Waals surface area contributed by atoms with Gasteiger partial charge in [0.15, 0.2) is 5.76 Å². The van der Waals surface area contributed by atoms with Crippen molar-refractivity contribution in [2.45, 2.75) is 51.4 Å². The van der Waals surface area contributed by atoms with Gasteiger partial charge in [0.1, 0.15) is 23.7 Å². The monoisotopic (exact) mass is 424 g/mol. The van der Waals surface area contributed by atoms with Crippen molar-refractivity contribution in [2.24, 2.45) is 0 Å². The zero-order valence-corrected chi connectivity index (χ0v) is 17.8. The number of hydrogen-bond acceptors (Lipinski definition) is 6. The highest BCUT2D eigenvalue weighted by molar-refractivity contribution is 5.80. The maximum Gasteiger partial charge on any atom is 0.251 e. The van der Waals surface area contributed by atoms with Crippen LogP contribution >= 0.6 is 0 Å². The molecule has 0 unspecified atom stereocenters. The molecule has 2 aromatic heterocycles. The molecule has 31 heavy (non-hydrogen) atoms. The predicted octanol–water partition coefficient (Wildman–Crippen LogP) is 2.73. The van der Waals surface area contributed by atoms with Crippen molar-refractivity contribution in [1.29, 1.82) is 0 Å². The number of rotatable bonds is 6. The molecule has 3 heterocycles. The topological polar surface area (TPSA) is 105 Å². The molecular weight excluding hydrogens is 396 g/mol. The molecular formula is C23H28N4O4. The maximum atomic E-state index is 11.9. The van der Waals surface area contributed by atoms with Gasteiger partial charge in [-0.05, 0) is 38.2 Å². The van der Waals surface area contributed by atoms with E-state index in [9.17, 15) is 15.0 Å². The number of benzene rings is 1. The first-order chi connectivity index (χ1) is 14.9. The number of imidazole rings is 1. The smallest absolute Gasteiger partial charge is 0.251 e. The first-order valence-electron chi connectivity index (χ1n) is 10.6. The van der Waals surface area contributed by atoms with Crippen molar-refractivity contribution in [2.75, 3.05) is 13.1 Å². The average molecular weight is 425 g/mol. The van der Waals surface area contributed by atoms with Gasteiger partial charge in [0.05, 0.1) is 6.54 Å². The second-order valence-electron chi connectivity index (χ2n) is 8.17. The van der Waals surface area contributed by atoms with Gasteiger partial charge in [0.2, 0.25) is 0 Å². The Labute approximate surface area is 181 Å². The van der Waals surface area contributed by atoms with Crippen LogP contribution in [0.3, 0.4) is 0 Å². The van der Waals surface area contributed by atoms with E-state index in [2.05, 4.69) is 22.3 Å². The summed E-state index contributed by atoms with van der Waals surface area (Å²) in [6, 6.07) is 10.2. The molecule has 0 radical (unpaired) electrons. The highest BCUT2D eigenvalue weighted by Crippen LogP contribution is 2.30. The third-order valence-corrected chi connectivity index (χ3v) is 5.84. The number of aliphatic hydroxyl groups is 2. The van der Waals surface area contributed by atoms with Crippen molar-refractivity contribution in [3.63, 3.8) is 0 Å². The number of aliphatic hydroxyl groups excluding tert-OH is 2. The number of hydrogen-bond donors (Lipinski definition) is 2. The lowest BCUT2D eigenvalue weighted by molar-refractivity contribution is -0.140. The standard InChI is InChI=1S/C23H28N4O4/c1-15(28)22-24-9-12-27(22)14-20-13-21(31-25-20)19-5-3-17(4-6-19)18-7-10-26(11-8-18)23(30)16(2)29/h3-6,9,12-13,15-16,18,28-29H,7-8,10-11,14H2,1-2H3/t15-,16-/m0/s1. The van der Waals surface area contributed by atoms with Crippen LogP contribution in [-0.4, -0.2) is 54.9 Å². The molecule has 1 aliphatic heterocycles. The quantitative estimate of drug-likeness (QED) is 0.630. The summed E-state index contributed by atoms with van der Waals surface area (Å²) < 4.78 is 7.39. The minimum Gasteiger partial charge on any atom is -0.385 e. The molecule has 8 heteroatoms. The molecule has 2 N–H and O–H groups in total. The molecule has 164 valence electrons. The van der Waals surface area contributed by atoms with E-state index in [0.717, 1.165) is 24.1 Å². The van der Waals surface area contributed by atoms with Crippen LogP contribution in [0.2, 0.25) is 0 Å². The second kappa shape index (κ2) is 9.03. The van der Waals surface area contributed by atoms with E-state index in [1.54, 1.807) is 18.0 Å². The highest BCUT2D eigenvalue weighted by atomic mass is 16.5. The Kier molecular flexibility index (Phi) is 6.20. The molecule has 1 fully saturated rings. The third-order valence-electron chi connectivity index (χ3n) is 5.84. The van der Waals surface area contributed by atoms with Crippen molar-refractivity contribution in [3.8, 4) is 11.3 Å². The molecule has 4 rings (SSSR count). The number of carbonyl (C=O) groups is 1. The van der Waals surface area contributed by atoms with Crippen molar-refractivity contribution in [1.82, 2.24) is 19.6 Å². The van der Waals surface area contributed by atoms with Crippen LogP contribution in [0.15, 0.2) is 47.2 Å². The van der Waals surface area contributed by atoms with Gasteiger partial charge in [0, 0.05) is 37.1 Å². The van der Waals surface area contributed by atoms with E-state index in [0.29, 0.717) is 37.1 Å². The average Bonchev–Trinajstić information content (AvgIpc) is 3.43. The molecule has 0 bridgehead atoms. The lowest BCUT2D eigenvalue weighted by Gasteiger charge is -2.33. The van der Waals surface area contributed by atoms with Gasteiger partial charge in [0.25, 0.3) is 5.91 Å². The van der Waals surface area contributed by atoms with E-state index >= 15 is 0 Å². The summed E-state index contributed by atoms with van der Waals surface area (Å²) in [6.07, 6.45) is 3.67. The summed E-state index contributed by atoms with van der Waals surface area (Å²) >= 11 is 0. The molecule has 8 nitrogen and oxygen atoms in total. The minimum atomic E-state index is -0.935. The Morgan fingerprint density at radius 1 is 1.19 bits per heavy atom. The van der Waals surface area contributed by atoms with E-state index < -0.39 is 12.2 Å². The van der Waals surface area contributed by atoms with Gasteiger partial charge in [-0.1, -0.05) is 29.4 Å². The molecule has 2 atom stereocenters. The van der Waals surface area contributed by atoms with Crippen LogP contribution in [-0.2, 0) is 11.3 Å². The number of nitrogens with zero attached hydrogens (tertiary/aromatic N) is 4. The van der Waals surface area contributed by atoms with E-state index in [4.69, 9.17) is 4.52 Å². The second-order valence-corrected chi connectivity index (χ2v) is 8.17. The number of aromatic nitrogens is 3. The largest absolute Gasteiger partial charge is 0.385 e. The molecule has 1 amide bonds. The van der Waals surface area contributed by atoms with Crippen LogP contribution in [0.1, 0.15) is 55.8 Å². The van der Waals surface area contributed by atoms with Crippen LogP contribution in [0, 0.1) is 0 Å². The first-order valence-corrected chi connectivity index (χ1v) is 10.6. The Morgan fingerprint density at radius 2 is 1.90 bits per heavy atom. The molecule has 3 aromatic rings. The van der Waals surface area contributed by atoms with Gasteiger partial charge in [-0.25, -0.2) is 4.98 Å². The predicted molar refractivity (Wildman–Crippen MR) is 114 cm³/mol. The third kappa shape index (κ3) is 4.70. The molecule has 1 saturated heterocycles. The first kappa shape index (κ1) is 21.3. The normalized spacial score (nSPS) is 17.0. The van der Waals surface area contributed by atoms with Gasteiger partial charge < -0.3 is 24.2 Å². The van der Waals surface area contributed by atoms with Gasteiger partial charge in [-0.3, -0.25) is 4.79 Å². The molecule has 0 saturated carbocycles. The van der Waals surface area contributed by atoms with Gasteiger partial charge >= 0.3 is 0 Å². The highest BCUT2D eigenvalue weighted by Gasteiger charge is 2.25. The summed E-state index contributed by atoms with van der Waals surface area (Å²) in [7, 11) is 0. The number of amides is 1. The van der Waals surface area contributed by atoms with Gasteiger partial charge in [-0.15, -0.1) is 0 Å². The number of likely N-dealkylation sites (tertiary alicyclic amines) is 1. The summed E-state index contributed by atoms with van der Waals surface area (Å²) in [6.45, 7) is 5.02. The SMILES string of the molecule is C[C@H](O)C(=O)N1CCC(c2ccc(-c3cc(Cn4ccnc4[C@H](C)O)no3)cc2)CC1. The van der Waals surface area contributed by atoms with Crippen molar-refractivity contribution < 1.29 is 19.5 Å². The molecule has 0 aliphatic carbocycles. The Bertz CT molecular complexity index is 1010. The van der Waals surface area contributed by atoms with Crippen molar-refractivity contribution >= 4 is 5.91 Å². The van der Waals surface area contributed by atoms with Crippen LogP contribution in [0.5, 0.6) is 0 Å². The Morgan fingerprint density at radius 3 is 2.55 bits per heavy atom. The Balaban J connectivity index is 1.39. The van der Waals surface area contributed by atoms with Crippen LogP contribution in [0.25, 0.3) is 11.3 Å². The number of carbonyl (C=O) groups excluding carboxylic acids is 1. The summed E-state index contributed by atoms with van der Waals surface area (Å²) in [5, 5.41) is 23.4. The zero-order valence-electron chi connectivity index (χ0n) is 17.8. The minimum absolute atomic E-state index is 0.189. The molecule has 1 aromatic carbocycles. The van der Waals surface area contributed by atoms with Crippen molar-refractivity contribution in [3.05, 3.63) is 59.8 Å². The summed E-state index contributed by atoms with van der Waals surface area (Å²) in [5.41, 5.74) is 2.95. The molecule has 0 spiro atoms. The van der Waals surface area contributed by atoms with E-state index in [1.165, 1.54) is 12.5 Å². The molecule has 1 aliphatic rings. The fraction of sp³-hybridized carbons (Fsp3) is 0.435. The van der Waals surface area contributed by atoms with Crippen LogP contribution < -0.4 is 0 Å². The maximum absolute atomic E-state index is 11.9. The fourth-order valence-electron chi connectivity index (χ4n) is 4.14. The Hall–Kier alpha value is -2.97. The number of piperidine rings is 1. The lowest BCUT2D eigenvalue weighted by atomic mass is 9.88. The van der Waals surface area contributed by atoms with Gasteiger partial charge in [-0.2, -0.15) is 0 Å². The van der Waals surface area contributed by atoms with E-state index in [1.807, 2.05) is 29.0 Å². The zero-order chi connectivity index (χ0) is 22.0. The van der Waals surface area contributed by atoms with Crippen LogP contribution in [0.4, 0.5) is 0 Å². The summed E-state index contributed by atoms with van der Waals surface area (Å²) in [4.78, 5) is 17.9. The summed E-state index contributed by atoms with van der Waals surface area (Å²) in [5.74, 6) is 1.50.